The molecule has 0 radical (unpaired) electrons. The summed E-state index contributed by atoms with van der Waals surface area (Å²) in [6.45, 7) is 7.60. The van der Waals surface area contributed by atoms with Gasteiger partial charge in [0.25, 0.3) is 0 Å². The Labute approximate surface area is 198 Å². The van der Waals surface area contributed by atoms with E-state index in [9.17, 15) is 0 Å². The normalized spacial score (nSPS) is 15.4. The number of aromatic nitrogens is 5. The van der Waals surface area contributed by atoms with Gasteiger partial charge in [0, 0.05) is 61.6 Å². The van der Waals surface area contributed by atoms with Crippen molar-refractivity contribution in [1.29, 1.82) is 0 Å². The minimum atomic E-state index is 0.722. The number of piperazine rings is 1. The van der Waals surface area contributed by atoms with E-state index in [4.69, 9.17) is 5.10 Å². The number of pyridine rings is 2. The van der Waals surface area contributed by atoms with E-state index in [-0.39, 0.29) is 0 Å². The fraction of sp³-hybridized carbons (Fsp3) is 0.259. The number of imidazole rings is 1. The molecule has 0 atom stereocenters. The average Bonchev–Trinajstić information content (AvgIpc) is 3.27. The number of aryl methyl sites for hydroxylation is 1. The van der Waals surface area contributed by atoms with Crippen LogP contribution in [0.25, 0.3) is 39.1 Å². The Morgan fingerprint density at radius 2 is 1.65 bits per heavy atom. The minimum Gasteiger partial charge on any atom is -0.304 e. The lowest BCUT2D eigenvalue weighted by Gasteiger charge is -2.32. The van der Waals surface area contributed by atoms with E-state index in [0.29, 0.717) is 0 Å². The van der Waals surface area contributed by atoms with Gasteiger partial charge < -0.3 is 4.90 Å². The molecule has 0 bridgehead atoms. The third kappa shape index (κ3) is 3.83. The van der Waals surface area contributed by atoms with E-state index in [0.717, 1.165) is 77.5 Å². The molecule has 0 amide bonds. The van der Waals surface area contributed by atoms with Crippen molar-refractivity contribution in [2.45, 2.75) is 13.5 Å². The molecule has 34 heavy (non-hydrogen) atoms. The Hall–Kier alpha value is -3.68. The number of hydrogen-bond donors (Lipinski definition) is 0. The molecule has 0 unspecified atom stereocenters. The summed E-state index contributed by atoms with van der Waals surface area (Å²) in [5, 5.41) is 5.91. The van der Waals surface area contributed by atoms with E-state index in [1.807, 2.05) is 28.9 Å². The molecule has 0 spiro atoms. The zero-order chi connectivity index (χ0) is 23.1. The molecule has 4 aromatic heterocycles. The highest BCUT2D eigenvalue weighted by Crippen LogP contribution is 2.29. The van der Waals surface area contributed by atoms with Gasteiger partial charge in [0.2, 0.25) is 0 Å². The van der Waals surface area contributed by atoms with Crippen molar-refractivity contribution < 1.29 is 0 Å². The summed E-state index contributed by atoms with van der Waals surface area (Å²) in [7, 11) is 2.19. The van der Waals surface area contributed by atoms with E-state index in [1.165, 1.54) is 5.56 Å². The number of nitrogens with zero attached hydrogens (tertiary/aromatic N) is 7. The predicted molar refractivity (Wildman–Crippen MR) is 134 cm³/mol. The molecule has 1 aromatic carbocycles. The van der Waals surface area contributed by atoms with Crippen LogP contribution < -0.4 is 0 Å². The average molecular weight is 450 g/mol. The summed E-state index contributed by atoms with van der Waals surface area (Å²) in [6, 6.07) is 17.0. The first-order valence-corrected chi connectivity index (χ1v) is 11.7. The Balaban J connectivity index is 1.31. The summed E-state index contributed by atoms with van der Waals surface area (Å²) in [5.74, 6) is 0. The predicted octanol–water partition coefficient (Wildman–Crippen LogP) is 4.06. The van der Waals surface area contributed by atoms with Crippen LogP contribution in [0.1, 0.15) is 11.3 Å². The van der Waals surface area contributed by atoms with Crippen LogP contribution >= 0.6 is 0 Å². The number of likely N-dealkylation sites (N-methyl/N-ethyl adjacent to an activating group) is 1. The van der Waals surface area contributed by atoms with Gasteiger partial charge >= 0.3 is 0 Å². The van der Waals surface area contributed by atoms with Crippen LogP contribution in [0.4, 0.5) is 0 Å². The first-order chi connectivity index (χ1) is 16.7. The lowest BCUT2D eigenvalue weighted by molar-refractivity contribution is 0.148. The molecule has 1 fully saturated rings. The SMILES string of the molecule is Cc1nn2c(-c3ccnc4ncccc34)cnc2cc1-c1ccc(CN2CCN(C)CC2)cc1. The second-order valence-corrected chi connectivity index (χ2v) is 9.07. The van der Waals surface area contributed by atoms with Crippen LogP contribution in [0.3, 0.4) is 0 Å². The Morgan fingerprint density at radius 1 is 0.853 bits per heavy atom. The molecule has 0 N–H and O–H groups in total. The molecule has 1 saturated heterocycles. The highest BCUT2D eigenvalue weighted by Gasteiger charge is 2.16. The highest BCUT2D eigenvalue weighted by molar-refractivity contribution is 5.91. The summed E-state index contributed by atoms with van der Waals surface area (Å²) in [5.41, 5.74) is 8.10. The molecule has 170 valence electrons. The van der Waals surface area contributed by atoms with Crippen molar-refractivity contribution in [3.8, 4) is 22.4 Å². The molecule has 7 nitrogen and oxygen atoms in total. The van der Waals surface area contributed by atoms with E-state index in [1.54, 1.807) is 12.4 Å². The Morgan fingerprint density at radius 3 is 2.47 bits per heavy atom. The molecule has 1 aliphatic rings. The van der Waals surface area contributed by atoms with E-state index in [2.05, 4.69) is 69.1 Å². The zero-order valence-electron chi connectivity index (χ0n) is 19.5. The van der Waals surface area contributed by atoms with Gasteiger partial charge in [-0.2, -0.15) is 5.10 Å². The van der Waals surface area contributed by atoms with Gasteiger partial charge in [-0.3, -0.25) is 4.90 Å². The van der Waals surface area contributed by atoms with Gasteiger partial charge in [-0.1, -0.05) is 24.3 Å². The van der Waals surface area contributed by atoms with E-state index >= 15 is 0 Å². The molecule has 0 saturated carbocycles. The molecular formula is C27H27N7. The van der Waals surface area contributed by atoms with Crippen molar-refractivity contribution in [3.05, 3.63) is 78.4 Å². The molecular weight excluding hydrogens is 422 g/mol. The van der Waals surface area contributed by atoms with Crippen LogP contribution in [0.15, 0.2) is 67.1 Å². The van der Waals surface area contributed by atoms with Crippen LogP contribution in [0, 0.1) is 6.92 Å². The third-order valence-electron chi connectivity index (χ3n) is 6.74. The van der Waals surface area contributed by atoms with Gasteiger partial charge in [-0.25, -0.2) is 19.5 Å². The monoisotopic (exact) mass is 449 g/mol. The van der Waals surface area contributed by atoms with Crippen LogP contribution in [0.2, 0.25) is 0 Å². The van der Waals surface area contributed by atoms with Crippen molar-refractivity contribution >= 4 is 16.7 Å². The molecule has 0 aliphatic carbocycles. The summed E-state index contributed by atoms with van der Waals surface area (Å²) in [6.07, 6.45) is 5.43. The van der Waals surface area contributed by atoms with Gasteiger partial charge in [-0.05, 0) is 49.4 Å². The number of hydrogen-bond acceptors (Lipinski definition) is 6. The van der Waals surface area contributed by atoms with Gasteiger partial charge in [-0.15, -0.1) is 0 Å². The largest absolute Gasteiger partial charge is 0.304 e. The highest BCUT2D eigenvalue weighted by atomic mass is 15.3. The maximum absolute atomic E-state index is 4.92. The number of fused-ring (bicyclic) bond motifs is 2. The quantitative estimate of drug-likeness (QED) is 0.412. The standard InChI is InChI=1S/C27H27N7/c1-19-24(21-7-5-20(6-8-21)18-33-14-12-32(2)13-15-33)16-26-30-17-25(34(26)31-19)22-9-11-29-27-23(22)4-3-10-28-27/h3-11,16-17H,12-15,18H2,1-2H3. The second-order valence-electron chi connectivity index (χ2n) is 9.07. The molecule has 7 heteroatoms. The lowest BCUT2D eigenvalue weighted by Crippen LogP contribution is -2.43. The van der Waals surface area contributed by atoms with Crippen molar-refractivity contribution in [2.24, 2.45) is 0 Å². The van der Waals surface area contributed by atoms with Gasteiger partial charge in [0.1, 0.15) is 0 Å². The molecule has 5 aromatic rings. The minimum absolute atomic E-state index is 0.722. The van der Waals surface area contributed by atoms with Crippen molar-refractivity contribution in [3.63, 3.8) is 0 Å². The van der Waals surface area contributed by atoms with Crippen LogP contribution in [0.5, 0.6) is 0 Å². The van der Waals surface area contributed by atoms with Gasteiger partial charge in [0.15, 0.2) is 11.3 Å². The van der Waals surface area contributed by atoms with Crippen molar-refractivity contribution in [2.75, 3.05) is 33.2 Å². The zero-order valence-corrected chi connectivity index (χ0v) is 19.5. The fourth-order valence-electron chi connectivity index (χ4n) is 4.74. The first kappa shape index (κ1) is 20.9. The molecule has 1 aliphatic heterocycles. The Bertz CT molecular complexity index is 1460. The second kappa shape index (κ2) is 8.59. The van der Waals surface area contributed by atoms with Crippen LogP contribution in [-0.4, -0.2) is 67.6 Å². The van der Waals surface area contributed by atoms with E-state index < -0.39 is 0 Å². The van der Waals surface area contributed by atoms with Gasteiger partial charge in [0.05, 0.1) is 17.6 Å². The van der Waals surface area contributed by atoms with Crippen LogP contribution in [-0.2, 0) is 6.54 Å². The maximum atomic E-state index is 4.92. The summed E-state index contributed by atoms with van der Waals surface area (Å²) >= 11 is 0. The lowest BCUT2D eigenvalue weighted by atomic mass is 10.0. The summed E-state index contributed by atoms with van der Waals surface area (Å²) in [4.78, 5) is 18.4. The Kier molecular flexibility index (Phi) is 5.28. The summed E-state index contributed by atoms with van der Waals surface area (Å²) < 4.78 is 1.92. The third-order valence-corrected chi connectivity index (χ3v) is 6.74. The number of rotatable bonds is 4. The maximum Gasteiger partial charge on any atom is 0.159 e. The number of benzene rings is 1. The fourth-order valence-corrected chi connectivity index (χ4v) is 4.74. The topological polar surface area (TPSA) is 62.5 Å². The first-order valence-electron chi connectivity index (χ1n) is 11.7. The molecule has 6 rings (SSSR count). The molecule has 5 heterocycles. The van der Waals surface area contributed by atoms with Crippen molar-refractivity contribution in [1.82, 2.24) is 34.4 Å². The smallest absolute Gasteiger partial charge is 0.159 e.